The Labute approximate surface area is 287 Å². The third-order valence-corrected chi connectivity index (χ3v) is 9.67. The number of hydrogen-bond donors (Lipinski definition) is 0. The predicted molar refractivity (Wildman–Crippen MR) is 210 cm³/mol. The number of benzene rings is 9. The molecule has 9 aromatic carbocycles. The van der Waals surface area contributed by atoms with E-state index in [4.69, 9.17) is 0 Å². The molecule has 0 aliphatic heterocycles. The molecule has 0 atom stereocenters. The normalized spacial score (nSPS) is 11.3. The van der Waals surface area contributed by atoms with Crippen LogP contribution in [-0.4, -0.2) is 0 Å². The van der Waals surface area contributed by atoms with Crippen LogP contribution in [0.25, 0.3) is 65.7 Å². The van der Waals surface area contributed by atoms with E-state index in [9.17, 15) is 0 Å². The van der Waals surface area contributed by atoms with Gasteiger partial charge in [-0.1, -0.05) is 164 Å². The predicted octanol–water partition coefficient (Wildman–Crippen LogP) is 13.6. The molecule has 1 heteroatoms. The molecule has 49 heavy (non-hydrogen) atoms. The SMILES string of the molecule is c1ccc(-c2ccc(-c3ccc(N(c4ccc(-c5ccccc5)cc4)c4ccc5c6ccccc6c6ccccc6c5c4)cc3)cc2)cc1. The first-order chi connectivity index (χ1) is 24.3. The Morgan fingerprint density at radius 2 is 0.490 bits per heavy atom. The third-order valence-electron chi connectivity index (χ3n) is 9.67. The lowest BCUT2D eigenvalue weighted by Crippen LogP contribution is -2.10. The zero-order valence-corrected chi connectivity index (χ0v) is 27.0. The molecular weight excluding hydrogens is 591 g/mol. The standard InChI is InChI=1S/C48H33N/c1-3-11-34(12-4-1)36-19-21-37(22-20-36)39-25-29-41(30-26-39)49(40-27-23-38(24-28-40)35-13-5-2-6-14-35)42-31-32-47-45-17-8-7-15-43(45)44-16-9-10-18-46(44)48(47)33-42/h1-33H. The van der Waals surface area contributed by atoms with Gasteiger partial charge in [0.15, 0.2) is 0 Å². The highest BCUT2D eigenvalue weighted by Crippen LogP contribution is 2.41. The molecule has 0 amide bonds. The van der Waals surface area contributed by atoms with Gasteiger partial charge in [0, 0.05) is 17.1 Å². The van der Waals surface area contributed by atoms with Gasteiger partial charge in [-0.05, 0) is 102 Å². The molecular formula is C48H33N. The highest BCUT2D eigenvalue weighted by molar-refractivity contribution is 6.25. The summed E-state index contributed by atoms with van der Waals surface area (Å²) in [5.41, 5.74) is 10.6. The van der Waals surface area contributed by atoms with E-state index < -0.39 is 0 Å². The lowest BCUT2D eigenvalue weighted by atomic mass is 9.94. The van der Waals surface area contributed by atoms with E-state index >= 15 is 0 Å². The van der Waals surface area contributed by atoms with Crippen LogP contribution < -0.4 is 4.90 Å². The number of anilines is 3. The number of rotatable bonds is 6. The van der Waals surface area contributed by atoms with Crippen LogP contribution >= 0.6 is 0 Å². The van der Waals surface area contributed by atoms with E-state index in [1.54, 1.807) is 0 Å². The molecule has 0 spiro atoms. The van der Waals surface area contributed by atoms with E-state index in [1.807, 2.05) is 0 Å². The second-order valence-corrected chi connectivity index (χ2v) is 12.6. The smallest absolute Gasteiger partial charge is 0.0468 e. The lowest BCUT2D eigenvalue weighted by Gasteiger charge is -2.26. The van der Waals surface area contributed by atoms with Crippen LogP contribution in [0.5, 0.6) is 0 Å². The van der Waals surface area contributed by atoms with Gasteiger partial charge in [-0.2, -0.15) is 0 Å². The van der Waals surface area contributed by atoms with E-state index in [0.29, 0.717) is 0 Å². The van der Waals surface area contributed by atoms with Crippen LogP contribution in [0.2, 0.25) is 0 Å². The summed E-state index contributed by atoms with van der Waals surface area (Å²) in [6.45, 7) is 0. The molecule has 0 aromatic heterocycles. The molecule has 1 nitrogen and oxygen atoms in total. The second kappa shape index (κ2) is 12.3. The van der Waals surface area contributed by atoms with Gasteiger partial charge in [0.2, 0.25) is 0 Å². The molecule has 9 aromatic rings. The molecule has 0 saturated carbocycles. The molecule has 0 heterocycles. The highest BCUT2D eigenvalue weighted by Gasteiger charge is 2.16. The van der Waals surface area contributed by atoms with Gasteiger partial charge in [-0.25, -0.2) is 0 Å². The Bertz CT molecular complexity index is 2520. The zero-order valence-electron chi connectivity index (χ0n) is 27.0. The maximum absolute atomic E-state index is 2.38. The second-order valence-electron chi connectivity index (χ2n) is 12.6. The number of nitrogens with zero attached hydrogens (tertiary/aromatic N) is 1. The Kier molecular flexibility index (Phi) is 7.22. The molecule has 0 bridgehead atoms. The largest absolute Gasteiger partial charge is 0.310 e. The maximum atomic E-state index is 2.38. The molecule has 0 saturated heterocycles. The summed E-state index contributed by atoms with van der Waals surface area (Å²) in [4.78, 5) is 2.38. The van der Waals surface area contributed by atoms with Crippen molar-refractivity contribution >= 4 is 49.4 Å². The fourth-order valence-corrected chi connectivity index (χ4v) is 7.20. The van der Waals surface area contributed by atoms with Crippen LogP contribution in [0, 0.1) is 0 Å². The first kappa shape index (κ1) is 28.8. The summed E-state index contributed by atoms with van der Waals surface area (Å²) in [5, 5.41) is 7.65. The minimum atomic E-state index is 1.11. The summed E-state index contributed by atoms with van der Waals surface area (Å²) >= 11 is 0. The van der Waals surface area contributed by atoms with Gasteiger partial charge in [0.1, 0.15) is 0 Å². The van der Waals surface area contributed by atoms with Gasteiger partial charge in [-0.3, -0.25) is 0 Å². The number of hydrogen-bond acceptors (Lipinski definition) is 1. The van der Waals surface area contributed by atoms with Crippen LogP contribution in [0.1, 0.15) is 0 Å². The molecule has 9 rings (SSSR count). The van der Waals surface area contributed by atoms with E-state index in [-0.39, 0.29) is 0 Å². The summed E-state index contributed by atoms with van der Waals surface area (Å²) in [6.07, 6.45) is 0. The first-order valence-electron chi connectivity index (χ1n) is 16.8. The van der Waals surface area contributed by atoms with Crippen LogP contribution in [0.3, 0.4) is 0 Å². The molecule has 0 aliphatic rings. The van der Waals surface area contributed by atoms with Gasteiger partial charge >= 0.3 is 0 Å². The molecule has 0 fully saturated rings. The van der Waals surface area contributed by atoms with Gasteiger partial charge in [-0.15, -0.1) is 0 Å². The highest BCUT2D eigenvalue weighted by atomic mass is 15.1. The quantitative estimate of drug-likeness (QED) is 0.167. The Hall–Kier alpha value is -6.44. The van der Waals surface area contributed by atoms with Crippen LogP contribution in [0.4, 0.5) is 17.1 Å². The average Bonchev–Trinajstić information content (AvgIpc) is 3.19. The molecule has 0 unspecified atom stereocenters. The summed E-state index contributed by atoms with van der Waals surface area (Å²) in [5.74, 6) is 0. The maximum Gasteiger partial charge on any atom is 0.0468 e. The fourth-order valence-electron chi connectivity index (χ4n) is 7.20. The van der Waals surface area contributed by atoms with Crippen LogP contribution in [0.15, 0.2) is 200 Å². The Morgan fingerprint density at radius 3 is 0.898 bits per heavy atom. The van der Waals surface area contributed by atoms with Crippen molar-refractivity contribution in [2.75, 3.05) is 4.90 Å². The van der Waals surface area contributed by atoms with E-state index in [0.717, 1.165) is 17.1 Å². The first-order valence-corrected chi connectivity index (χ1v) is 16.8. The molecule has 0 N–H and O–H groups in total. The average molecular weight is 624 g/mol. The topological polar surface area (TPSA) is 3.24 Å². The van der Waals surface area contributed by atoms with Crippen LogP contribution in [-0.2, 0) is 0 Å². The fraction of sp³-hybridized carbons (Fsp3) is 0. The van der Waals surface area contributed by atoms with Crippen molar-refractivity contribution in [3.05, 3.63) is 200 Å². The van der Waals surface area contributed by atoms with Gasteiger partial charge in [0.25, 0.3) is 0 Å². The Balaban J connectivity index is 1.16. The Morgan fingerprint density at radius 1 is 0.204 bits per heavy atom. The lowest BCUT2D eigenvalue weighted by molar-refractivity contribution is 1.29. The van der Waals surface area contributed by atoms with Crippen molar-refractivity contribution in [3.8, 4) is 33.4 Å². The summed E-state index contributed by atoms with van der Waals surface area (Å²) in [6, 6.07) is 72.4. The zero-order chi connectivity index (χ0) is 32.6. The minimum Gasteiger partial charge on any atom is -0.310 e. The van der Waals surface area contributed by atoms with Gasteiger partial charge < -0.3 is 4.90 Å². The summed E-state index contributed by atoms with van der Waals surface area (Å²) < 4.78 is 0. The van der Waals surface area contributed by atoms with Crippen molar-refractivity contribution < 1.29 is 0 Å². The number of fused-ring (bicyclic) bond motifs is 6. The van der Waals surface area contributed by atoms with Crippen molar-refractivity contribution in [3.63, 3.8) is 0 Å². The van der Waals surface area contributed by atoms with Crippen molar-refractivity contribution in [2.45, 2.75) is 0 Å². The third kappa shape index (κ3) is 5.32. The molecule has 0 radical (unpaired) electrons. The van der Waals surface area contributed by atoms with E-state index in [2.05, 4.69) is 205 Å². The van der Waals surface area contributed by atoms with Crippen molar-refractivity contribution in [1.29, 1.82) is 0 Å². The monoisotopic (exact) mass is 623 g/mol. The summed E-state index contributed by atoms with van der Waals surface area (Å²) in [7, 11) is 0. The minimum absolute atomic E-state index is 1.11. The van der Waals surface area contributed by atoms with Gasteiger partial charge in [0.05, 0.1) is 0 Å². The van der Waals surface area contributed by atoms with Crippen molar-refractivity contribution in [1.82, 2.24) is 0 Å². The molecule has 230 valence electrons. The van der Waals surface area contributed by atoms with E-state index in [1.165, 1.54) is 65.7 Å². The van der Waals surface area contributed by atoms with Crippen molar-refractivity contribution in [2.24, 2.45) is 0 Å². The molecule has 0 aliphatic carbocycles.